The van der Waals surface area contributed by atoms with E-state index in [1.54, 1.807) is 0 Å². The summed E-state index contributed by atoms with van der Waals surface area (Å²) < 4.78 is 82.4. The molecule has 2 aromatic carbocycles. The topological polar surface area (TPSA) is 7.76 Å². The van der Waals surface area contributed by atoms with Crippen molar-refractivity contribution in [3.05, 3.63) is 121 Å². The summed E-state index contributed by atoms with van der Waals surface area (Å²) >= 11 is 0. The van der Waals surface area contributed by atoms with Gasteiger partial charge in [-0.2, -0.15) is 0 Å². The van der Waals surface area contributed by atoms with Crippen LogP contribution in [0.4, 0.5) is 34.5 Å². The number of pyridine rings is 2. The van der Waals surface area contributed by atoms with Gasteiger partial charge in [0.15, 0.2) is 37.9 Å². The van der Waals surface area contributed by atoms with Gasteiger partial charge in [-0.1, -0.05) is 60.7 Å². The Hall–Kier alpha value is -3.69. The van der Waals surface area contributed by atoms with Crippen molar-refractivity contribution in [2.24, 2.45) is 0 Å². The van der Waals surface area contributed by atoms with Gasteiger partial charge in [0.25, 0.3) is 0 Å². The minimum absolute atomic E-state index is 0.896. The highest BCUT2D eigenvalue weighted by atomic mass is 19.5. The number of benzene rings is 2. The zero-order valence-electron chi connectivity index (χ0n) is 18.9. The van der Waals surface area contributed by atoms with Gasteiger partial charge in [0.1, 0.15) is 0 Å². The van der Waals surface area contributed by atoms with E-state index in [2.05, 4.69) is 119 Å². The first-order chi connectivity index (χ1) is 16.9. The highest BCUT2D eigenvalue weighted by molar-refractivity contribution is 6.50. The fourth-order valence-electron chi connectivity index (χ4n) is 3.10. The molecule has 0 N–H and O–H groups in total. The molecule has 0 aliphatic rings. The molecule has 0 bridgehead atoms. The molecule has 0 fully saturated rings. The van der Waals surface area contributed by atoms with Gasteiger partial charge >= 0.3 is 14.5 Å². The number of rotatable bonds is 5. The van der Waals surface area contributed by atoms with E-state index in [9.17, 15) is 34.5 Å². The van der Waals surface area contributed by atoms with Gasteiger partial charge in [0.2, 0.25) is 0 Å². The Balaban J connectivity index is 0.000000389. The highest BCUT2D eigenvalue weighted by Gasteiger charge is 2.21. The van der Waals surface area contributed by atoms with Crippen molar-refractivity contribution in [2.75, 3.05) is 0 Å². The predicted octanol–water partition coefficient (Wildman–Crippen LogP) is 6.63. The zero-order valence-corrected chi connectivity index (χ0v) is 18.9. The lowest BCUT2D eigenvalue weighted by molar-refractivity contribution is -0.688. The molecule has 0 aliphatic carbocycles. The minimum atomic E-state index is -6.00. The molecule has 0 aliphatic heterocycles. The molecule has 0 radical (unpaired) electrons. The standard InChI is InChI=1S/C24H22N2.2BF4/c1-3-7-21(8-4-1)19-25-15-11-23(12-16-25)24-13-17-26(18-14-24)20-22-9-5-2-6-10-22;2*2-1(3,4)5/h1-18H,19-20H2;;/q+2;2*-1. The smallest absolute Gasteiger partial charge is 0.418 e. The Morgan fingerprint density at radius 1 is 0.417 bits per heavy atom. The van der Waals surface area contributed by atoms with Crippen molar-refractivity contribution in [3.8, 4) is 11.1 Å². The van der Waals surface area contributed by atoms with Crippen LogP contribution < -0.4 is 9.13 Å². The third-order valence-corrected chi connectivity index (χ3v) is 4.53. The first-order valence-corrected chi connectivity index (χ1v) is 10.7. The van der Waals surface area contributed by atoms with Gasteiger partial charge < -0.3 is 34.5 Å². The van der Waals surface area contributed by atoms with Crippen LogP contribution in [-0.2, 0) is 13.1 Å². The second-order valence-corrected chi connectivity index (χ2v) is 7.48. The van der Waals surface area contributed by atoms with Crippen molar-refractivity contribution in [2.45, 2.75) is 13.1 Å². The number of aromatic nitrogens is 2. The minimum Gasteiger partial charge on any atom is -0.418 e. The number of hydrogen-bond acceptors (Lipinski definition) is 0. The van der Waals surface area contributed by atoms with Gasteiger partial charge in [-0.3, -0.25) is 0 Å². The molecule has 36 heavy (non-hydrogen) atoms. The maximum Gasteiger partial charge on any atom is 0.673 e. The van der Waals surface area contributed by atoms with Crippen LogP contribution in [0.25, 0.3) is 11.1 Å². The van der Waals surface area contributed by atoms with Gasteiger partial charge in [0.05, 0.1) is 0 Å². The van der Waals surface area contributed by atoms with E-state index in [4.69, 9.17) is 0 Å². The molecule has 0 saturated heterocycles. The molecule has 0 spiro atoms. The summed E-state index contributed by atoms with van der Waals surface area (Å²) in [6, 6.07) is 29.8. The van der Waals surface area contributed by atoms with Gasteiger partial charge in [-0.25, -0.2) is 9.13 Å². The van der Waals surface area contributed by atoms with E-state index >= 15 is 0 Å². The number of nitrogens with zero attached hydrogens (tertiary/aromatic N) is 2. The summed E-state index contributed by atoms with van der Waals surface area (Å²) in [5.74, 6) is 0. The summed E-state index contributed by atoms with van der Waals surface area (Å²) in [6.45, 7) is 1.79. The molecule has 0 atom stereocenters. The van der Waals surface area contributed by atoms with Crippen molar-refractivity contribution in [3.63, 3.8) is 0 Å². The monoisotopic (exact) mass is 512 g/mol. The Labute approximate surface area is 203 Å². The van der Waals surface area contributed by atoms with E-state index < -0.39 is 14.5 Å². The van der Waals surface area contributed by atoms with Gasteiger partial charge in [-0.15, -0.1) is 0 Å². The van der Waals surface area contributed by atoms with Crippen LogP contribution in [0.15, 0.2) is 110 Å². The Kier molecular flexibility index (Phi) is 10.6. The first kappa shape index (κ1) is 28.5. The molecule has 190 valence electrons. The lowest BCUT2D eigenvalue weighted by Gasteiger charge is -2.02. The third kappa shape index (κ3) is 13.3. The lowest BCUT2D eigenvalue weighted by Crippen LogP contribution is -2.33. The average Bonchev–Trinajstić information content (AvgIpc) is 2.79. The Morgan fingerprint density at radius 3 is 0.917 bits per heavy atom. The highest BCUT2D eigenvalue weighted by Crippen LogP contribution is 2.16. The molecule has 4 aromatic rings. The molecule has 0 unspecified atom stereocenters. The van der Waals surface area contributed by atoms with Crippen LogP contribution in [0.2, 0.25) is 0 Å². The average molecular weight is 512 g/mol. The molecule has 12 heteroatoms. The third-order valence-electron chi connectivity index (χ3n) is 4.53. The van der Waals surface area contributed by atoms with Crippen LogP contribution in [0.3, 0.4) is 0 Å². The van der Waals surface area contributed by atoms with Crippen LogP contribution in [0, 0.1) is 0 Å². The maximum atomic E-state index is 9.75. The lowest BCUT2D eigenvalue weighted by atomic mass is 10.1. The van der Waals surface area contributed by atoms with E-state index in [-0.39, 0.29) is 0 Å². The molecule has 0 amide bonds. The summed E-state index contributed by atoms with van der Waals surface area (Å²) in [4.78, 5) is 0. The van der Waals surface area contributed by atoms with Crippen LogP contribution in [-0.4, -0.2) is 14.5 Å². The molecule has 4 rings (SSSR count). The second kappa shape index (κ2) is 13.4. The number of halogens is 8. The van der Waals surface area contributed by atoms with Crippen molar-refractivity contribution < 1.29 is 43.7 Å². The normalized spacial score (nSPS) is 11.0. The van der Waals surface area contributed by atoms with Crippen LogP contribution in [0.5, 0.6) is 0 Å². The Bertz CT molecular complexity index is 1050. The largest absolute Gasteiger partial charge is 0.673 e. The fraction of sp³-hybridized carbons (Fsp3) is 0.0833. The van der Waals surface area contributed by atoms with Crippen molar-refractivity contribution >= 4 is 14.5 Å². The zero-order chi connectivity index (χ0) is 26.6. The van der Waals surface area contributed by atoms with E-state index in [0.29, 0.717) is 0 Å². The summed E-state index contributed by atoms with van der Waals surface area (Å²) in [5.41, 5.74) is 5.10. The molecule has 2 heterocycles. The van der Waals surface area contributed by atoms with Crippen molar-refractivity contribution in [1.82, 2.24) is 0 Å². The molecular weight excluding hydrogens is 490 g/mol. The van der Waals surface area contributed by atoms with E-state index in [0.717, 1.165) is 13.1 Å². The number of hydrogen-bond donors (Lipinski definition) is 0. The first-order valence-electron chi connectivity index (χ1n) is 10.7. The van der Waals surface area contributed by atoms with Gasteiger partial charge in [0, 0.05) is 35.4 Å². The van der Waals surface area contributed by atoms with Crippen LogP contribution >= 0.6 is 0 Å². The summed E-state index contributed by atoms with van der Waals surface area (Å²) in [5, 5.41) is 0. The fourth-order valence-corrected chi connectivity index (χ4v) is 3.10. The molecule has 2 aromatic heterocycles. The van der Waals surface area contributed by atoms with E-state index in [1.807, 2.05) is 0 Å². The summed E-state index contributed by atoms with van der Waals surface area (Å²) in [6.07, 6.45) is 8.58. The van der Waals surface area contributed by atoms with Gasteiger partial charge in [-0.05, 0) is 11.1 Å². The predicted molar refractivity (Wildman–Crippen MR) is 124 cm³/mol. The molecule has 0 saturated carbocycles. The maximum absolute atomic E-state index is 9.75. The second-order valence-electron chi connectivity index (χ2n) is 7.48. The van der Waals surface area contributed by atoms with Crippen molar-refractivity contribution in [1.29, 1.82) is 0 Å². The summed E-state index contributed by atoms with van der Waals surface area (Å²) in [7, 11) is -12.0. The van der Waals surface area contributed by atoms with Crippen LogP contribution in [0.1, 0.15) is 11.1 Å². The molecular formula is C24H22B2F8N2. The molecule has 2 nitrogen and oxygen atoms in total. The van der Waals surface area contributed by atoms with E-state index in [1.165, 1.54) is 22.3 Å². The Morgan fingerprint density at radius 2 is 0.667 bits per heavy atom. The quantitative estimate of drug-likeness (QED) is 0.161. The SMILES string of the molecule is F[B-](F)(F)F.F[B-](F)(F)F.c1ccc(C[n+]2ccc(-c3cc[n+](Cc4ccccc4)cc3)cc2)cc1.